The lowest BCUT2D eigenvalue weighted by molar-refractivity contribution is 0.192. The Labute approximate surface area is 89.7 Å². The van der Waals surface area contributed by atoms with E-state index >= 15 is 0 Å². The van der Waals surface area contributed by atoms with Crippen LogP contribution in [0.4, 0.5) is 0 Å². The second-order valence-electron chi connectivity index (χ2n) is 5.23. The minimum absolute atomic E-state index is 0.693. The number of hydrogen-bond donors (Lipinski definition) is 1. The van der Waals surface area contributed by atoms with Gasteiger partial charge in [-0.25, -0.2) is 0 Å². The molecule has 0 saturated heterocycles. The normalized spacial score (nSPS) is 32.6. The molecule has 2 atom stereocenters. The fourth-order valence-corrected chi connectivity index (χ4v) is 2.73. The van der Waals surface area contributed by atoms with Gasteiger partial charge in [0.1, 0.15) is 0 Å². The molecule has 0 aromatic heterocycles. The molecule has 84 valence electrons. The van der Waals surface area contributed by atoms with Crippen molar-refractivity contribution < 1.29 is 0 Å². The molecule has 2 unspecified atom stereocenters. The molecule has 14 heavy (non-hydrogen) atoms. The minimum atomic E-state index is 0.693. The predicted octanol–water partition coefficient (Wildman–Crippen LogP) is 3.45. The van der Waals surface area contributed by atoms with Crippen LogP contribution in [0.25, 0.3) is 0 Å². The fourth-order valence-electron chi connectivity index (χ4n) is 2.73. The van der Waals surface area contributed by atoms with E-state index in [1.54, 1.807) is 0 Å². The highest BCUT2D eigenvalue weighted by Gasteiger charge is 2.25. The smallest absolute Gasteiger partial charge is 0.00668 e. The molecule has 0 bridgehead atoms. The van der Waals surface area contributed by atoms with Crippen molar-refractivity contribution >= 4 is 0 Å². The monoisotopic (exact) mass is 197 g/mol. The van der Waals surface area contributed by atoms with Gasteiger partial charge in [0.05, 0.1) is 0 Å². The van der Waals surface area contributed by atoms with E-state index in [9.17, 15) is 0 Å². The second kappa shape index (κ2) is 5.75. The van der Waals surface area contributed by atoms with Crippen molar-refractivity contribution in [2.24, 2.45) is 17.8 Å². The summed E-state index contributed by atoms with van der Waals surface area (Å²) in [6.07, 6.45) is 5.82. The lowest BCUT2D eigenvalue weighted by Crippen LogP contribution is -2.36. The highest BCUT2D eigenvalue weighted by molar-refractivity contribution is 4.79. The molecule has 1 rings (SSSR count). The molecule has 0 spiro atoms. The zero-order chi connectivity index (χ0) is 10.6. The molecule has 0 amide bonds. The summed E-state index contributed by atoms with van der Waals surface area (Å²) in [6, 6.07) is 0.693. The summed E-state index contributed by atoms with van der Waals surface area (Å²) in [6.45, 7) is 10.5. The largest absolute Gasteiger partial charge is 0.314 e. The van der Waals surface area contributed by atoms with Gasteiger partial charge in [-0.2, -0.15) is 0 Å². The molecule has 1 aliphatic carbocycles. The van der Waals surface area contributed by atoms with Crippen molar-refractivity contribution in [2.45, 2.75) is 59.4 Å². The lowest BCUT2D eigenvalue weighted by Gasteiger charge is -2.34. The summed E-state index contributed by atoms with van der Waals surface area (Å²) in [5.74, 6) is 2.80. The van der Waals surface area contributed by atoms with E-state index in [2.05, 4.69) is 33.0 Å². The molecular weight excluding hydrogens is 170 g/mol. The van der Waals surface area contributed by atoms with E-state index in [1.165, 1.54) is 25.7 Å². The molecule has 0 aromatic rings. The molecule has 1 aliphatic rings. The molecule has 0 radical (unpaired) electrons. The van der Waals surface area contributed by atoms with Crippen LogP contribution in [-0.2, 0) is 0 Å². The summed E-state index contributed by atoms with van der Waals surface area (Å²) in [5, 5.41) is 3.55. The van der Waals surface area contributed by atoms with E-state index in [0.29, 0.717) is 6.04 Å². The Hall–Kier alpha value is -0.0400. The third kappa shape index (κ3) is 3.27. The first-order chi connectivity index (χ1) is 6.65. The summed E-state index contributed by atoms with van der Waals surface area (Å²) < 4.78 is 0. The van der Waals surface area contributed by atoms with Crippen LogP contribution in [0, 0.1) is 17.8 Å². The van der Waals surface area contributed by atoms with Gasteiger partial charge in [-0.05, 0) is 44.1 Å². The Morgan fingerprint density at radius 3 is 2.21 bits per heavy atom. The second-order valence-corrected chi connectivity index (χ2v) is 5.23. The van der Waals surface area contributed by atoms with E-state index in [0.717, 1.165) is 24.3 Å². The topological polar surface area (TPSA) is 12.0 Å². The SMILES string of the molecule is CCNC(C)C(C)C1CCC(C)CC1. The van der Waals surface area contributed by atoms with Gasteiger partial charge in [0.15, 0.2) is 0 Å². The van der Waals surface area contributed by atoms with Crippen molar-refractivity contribution in [2.75, 3.05) is 6.54 Å². The summed E-state index contributed by atoms with van der Waals surface area (Å²) in [7, 11) is 0. The highest BCUT2D eigenvalue weighted by Crippen LogP contribution is 2.34. The van der Waals surface area contributed by atoms with Gasteiger partial charge >= 0.3 is 0 Å². The first-order valence-electron chi connectivity index (χ1n) is 6.38. The molecule has 1 saturated carbocycles. The molecule has 1 N–H and O–H groups in total. The standard InChI is InChI=1S/C13H27N/c1-5-14-12(4)11(3)13-8-6-10(2)7-9-13/h10-14H,5-9H2,1-4H3. The average Bonchev–Trinajstić information content (AvgIpc) is 2.18. The Kier molecular flexibility index (Phi) is 4.94. The predicted molar refractivity (Wildman–Crippen MR) is 63.4 cm³/mol. The van der Waals surface area contributed by atoms with Crippen LogP contribution in [0.15, 0.2) is 0 Å². The molecule has 0 aliphatic heterocycles. The van der Waals surface area contributed by atoms with Gasteiger partial charge in [0.25, 0.3) is 0 Å². The van der Waals surface area contributed by atoms with Gasteiger partial charge in [-0.15, -0.1) is 0 Å². The van der Waals surface area contributed by atoms with Crippen LogP contribution in [0.3, 0.4) is 0 Å². The van der Waals surface area contributed by atoms with Gasteiger partial charge in [-0.1, -0.05) is 33.6 Å². The van der Waals surface area contributed by atoms with Crippen LogP contribution in [0.5, 0.6) is 0 Å². The third-order valence-electron chi connectivity index (χ3n) is 4.12. The minimum Gasteiger partial charge on any atom is -0.314 e. The van der Waals surface area contributed by atoms with Crippen molar-refractivity contribution in [3.05, 3.63) is 0 Å². The first-order valence-corrected chi connectivity index (χ1v) is 6.38. The van der Waals surface area contributed by atoms with Crippen molar-refractivity contribution in [1.29, 1.82) is 0 Å². The molecule has 0 aromatic carbocycles. The third-order valence-corrected chi connectivity index (χ3v) is 4.12. The molecule has 0 heterocycles. The van der Waals surface area contributed by atoms with E-state index in [4.69, 9.17) is 0 Å². The van der Waals surface area contributed by atoms with Gasteiger partial charge in [-0.3, -0.25) is 0 Å². The highest BCUT2D eigenvalue weighted by atomic mass is 14.9. The van der Waals surface area contributed by atoms with Crippen LogP contribution < -0.4 is 5.32 Å². The number of hydrogen-bond acceptors (Lipinski definition) is 1. The van der Waals surface area contributed by atoms with Crippen molar-refractivity contribution in [1.82, 2.24) is 5.32 Å². The maximum absolute atomic E-state index is 3.55. The first kappa shape index (κ1) is 12.0. The quantitative estimate of drug-likeness (QED) is 0.728. The van der Waals surface area contributed by atoms with Crippen LogP contribution in [0.2, 0.25) is 0 Å². The summed E-state index contributed by atoms with van der Waals surface area (Å²) in [4.78, 5) is 0. The summed E-state index contributed by atoms with van der Waals surface area (Å²) in [5.41, 5.74) is 0. The van der Waals surface area contributed by atoms with Crippen LogP contribution >= 0.6 is 0 Å². The molecule has 1 heteroatoms. The average molecular weight is 197 g/mol. The molecule has 1 fully saturated rings. The Balaban J connectivity index is 2.33. The number of nitrogens with one attached hydrogen (secondary N) is 1. The van der Waals surface area contributed by atoms with Gasteiger partial charge < -0.3 is 5.32 Å². The van der Waals surface area contributed by atoms with Crippen molar-refractivity contribution in [3.8, 4) is 0 Å². The molecule has 1 nitrogen and oxygen atoms in total. The van der Waals surface area contributed by atoms with E-state index < -0.39 is 0 Å². The van der Waals surface area contributed by atoms with Gasteiger partial charge in [0, 0.05) is 6.04 Å². The van der Waals surface area contributed by atoms with Gasteiger partial charge in [0.2, 0.25) is 0 Å². The van der Waals surface area contributed by atoms with Crippen LogP contribution in [-0.4, -0.2) is 12.6 Å². The Morgan fingerprint density at radius 2 is 1.71 bits per heavy atom. The zero-order valence-corrected chi connectivity index (χ0v) is 10.3. The van der Waals surface area contributed by atoms with Crippen molar-refractivity contribution in [3.63, 3.8) is 0 Å². The van der Waals surface area contributed by atoms with E-state index in [-0.39, 0.29) is 0 Å². The number of rotatable bonds is 4. The maximum atomic E-state index is 3.55. The van der Waals surface area contributed by atoms with Crippen LogP contribution in [0.1, 0.15) is 53.4 Å². The fraction of sp³-hybridized carbons (Fsp3) is 1.00. The van der Waals surface area contributed by atoms with E-state index in [1.807, 2.05) is 0 Å². The zero-order valence-electron chi connectivity index (χ0n) is 10.3. The summed E-state index contributed by atoms with van der Waals surface area (Å²) >= 11 is 0. The Morgan fingerprint density at radius 1 is 1.14 bits per heavy atom. The maximum Gasteiger partial charge on any atom is 0.00668 e. The Bertz CT molecular complexity index is 147. The molecular formula is C13H27N. The lowest BCUT2D eigenvalue weighted by atomic mass is 9.75.